The smallest absolute Gasteiger partial charge is 0.313 e. The van der Waals surface area contributed by atoms with Gasteiger partial charge < -0.3 is 14.5 Å². The molecular formula is C20H22FN3O3S. The summed E-state index contributed by atoms with van der Waals surface area (Å²) in [5, 5.41) is 8.34. The van der Waals surface area contributed by atoms with Gasteiger partial charge in [-0.05, 0) is 30.5 Å². The first-order valence-corrected chi connectivity index (χ1v) is 9.60. The Kier molecular flexibility index (Phi) is 6.25. The lowest BCUT2D eigenvalue weighted by Crippen LogP contribution is -2.31. The van der Waals surface area contributed by atoms with Gasteiger partial charge in [-0.25, -0.2) is 4.39 Å². The molecule has 2 atom stereocenters. The first-order valence-electron chi connectivity index (χ1n) is 9.15. The maximum absolute atomic E-state index is 14.7. The van der Waals surface area contributed by atoms with Crippen molar-refractivity contribution in [1.82, 2.24) is 4.90 Å². The van der Waals surface area contributed by atoms with Crippen molar-refractivity contribution >= 4 is 29.5 Å². The van der Waals surface area contributed by atoms with E-state index >= 15 is 0 Å². The number of anilines is 1. The summed E-state index contributed by atoms with van der Waals surface area (Å²) in [5.41, 5.74) is 2.17. The van der Waals surface area contributed by atoms with Crippen LogP contribution in [0.25, 0.3) is 0 Å². The van der Waals surface area contributed by atoms with Crippen LogP contribution < -0.4 is 4.90 Å². The number of esters is 1. The molecule has 2 aliphatic heterocycles. The number of amides is 1. The van der Waals surface area contributed by atoms with E-state index in [2.05, 4.69) is 12.6 Å². The molecule has 0 bridgehead atoms. The summed E-state index contributed by atoms with van der Waals surface area (Å²) < 4.78 is 20.1. The van der Waals surface area contributed by atoms with Gasteiger partial charge in [0.25, 0.3) is 5.24 Å². The summed E-state index contributed by atoms with van der Waals surface area (Å²) in [4.78, 5) is 26.8. The van der Waals surface area contributed by atoms with Crippen LogP contribution >= 0.6 is 12.6 Å². The largest absolute Gasteiger partial charge is 0.460 e. The number of carbonyl (C=O) groups excluding carboxylic acids is 2. The van der Waals surface area contributed by atoms with Crippen LogP contribution in [-0.4, -0.2) is 48.9 Å². The predicted molar refractivity (Wildman–Crippen MR) is 106 cm³/mol. The predicted octanol–water partition coefficient (Wildman–Crippen LogP) is 3.26. The number of carbonyl (C=O) groups is 2. The van der Waals surface area contributed by atoms with Crippen molar-refractivity contribution in [2.24, 2.45) is 0 Å². The van der Waals surface area contributed by atoms with Gasteiger partial charge in [-0.2, -0.15) is 5.26 Å². The van der Waals surface area contributed by atoms with Gasteiger partial charge >= 0.3 is 5.97 Å². The third kappa shape index (κ3) is 4.47. The maximum atomic E-state index is 14.7. The van der Waals surface area contributed by atoms with Crippen LogP contribution in [0, 0.1) is 17.1 Å². The van der Waals surface area contributed by atoms with E-state index < -0.39 is 23.2 Å². The van der Waals surface area contributed by atoms with Gasteiger partial charge in [0.1, 0.15) is 11.9 Å². The molecule has 2 aliphatic rings. The fourth-order valence-corrected chi connectivity index (χ4v) is 3.77. The Morgan fingerprint density at radius 2 is 2.18 bits per heavy atom. The normalized spacial score (nSPS) is 21.9. The minimum Gasteiger partial charge on any atom is -0.460 e. The van der Waals surface area contributed by atoms with E-state index in [9.17, 15) is 14.0 Å². The van der Waals surface area contributed by atoms with E-state index in [1.165, 1.54) is 11.0 Å². The average Bonchev–Trinajstić information content (AvgIpc) is 3.03. The molecule has 1 aromatic rings. The zero-order valence-corrected chi connectivity index (χ0v) is 16.5. The lowest BCUT2D eigenvalue weighted by molar-refractivity contribution is -0.142. The van der Waals surface area contributed by atoms with Crippen LogP contribution in [0.3, 0.4) is 0 Å². The number of allylic oxidation sites excluding steroid dienone is 1. The van der Waals surface area contributed by atoms with Crippen molar-refractivity contribution in [3.05, 3.63) is 41.2 Å². The molecule has 6 nitrogen and oxygen atoms in total. The lowest BCUT2D eigenvalue weighted by atomic mass is 9.94. The van der Waals surface area contributed by atoms with Crippen LogP contribution in [0.4, 0.5) is 14.9 Å². The van der Waals surface area contributed by atoms with Crippen LogP contribution in [0.2, 0.25) is 0 Å². The second-order valence-corrected chi connectivity index (χ2v) is 7.52. The van der Waals surface area contributed by atoms with E-state index in [1.807, 2.05) is 11.0 Å². The number of ether oxygens (including phenoxy) is 1. The van der Waals surface area contributed by atoms with Gasteiger partial charge in [0.05, 0.1) is 24.2 Å². The van der Waals surface area contributed by atoms with Gasteiger partial charge in [0.2, 0.25) is 0 Å². The number of thiol groups is 1. The summed E-state index contributed by atoms with van der Waals surface area (Å²) in [6.45, 7) is 1.57. The summed E-state index contributed by atoms with van der Waals surface area (Å²) in [6, 6.07) is 6.91. The van der Waals surface area contributed by atoms with Crippen molar-refractivity contribution in [1.29, 1.82) is 5.26 Å². The molecule has 1 unspecified atom stereocenters. The minimum atomic E-state index is -0.538. The SMILES string of the molecule is CN(C[C@@H]1CC(c2ccc(N3CCC(=CC#N)CC3)c(F)c2)C(=O)O1)C(=O)S. The lowest BCUT2D eigenvalue weighted by Gasteiger charge is -2.30. The highest BCUT2D eigenvalue weighted by Gasteiger charge is 2.36. The number of nitriles is 1. The molecule has 0 aliphatic carbocycles. The van der Waals surface area contributed by atoms with Gasteiger partial charge in [-0.3, -0.25) is 9.59 Å². The molecule has 3 rings (SSSR count). The van der Waals surface area contributed by atoms with E-state index in [0.29, 0.717) is 30.8 Å². The van der Waals surface area contributed by atoms with Crippen molar-refractivity contribution < 1.29 is 18.7 Å². The molecule has 1 amide bonds. The topological polar surface area (TPSA) is 73.6 Å². The van der Waals surface area contributed by atoms with Crippen LogP contribution in [0.1, 0.15) is 30.7 Å². The maximum Gasteiger partial charge on any atom is 0.313 e. The second-order valence-electron chi connectivity index (χ2n) is 7.14. The molecule has 1 aromatic carbocycles. The minimum absolute atomic E-state index is 0.261. The molecule has 0 saturated carbocycles. The van der Waals surface area contributed by atoms with E-state index in [4.69, 9.17) is 10.00 Å². The molecule has 0 radical (unpaired) electrons. The third-order valence-corrected chi connectivity index (χ3v) is 5.60. The molecule has 2 saturated heterocycles. The number of hydrogen-bond acceptors (Lipinski definition) is 5. The van der Waals surface area contributed by atoms with Crippen LogP contribution in [-0.2, 0) is 9.53 Å². The molecule has 2 fully saturated rings. The number of piperidine rings is 1. The van der Waals surface area contributed by atoms with Crippen molar-refractivity contribution in [2.45, 2.75) is 31.3 Å². The Labute approximate surface area is 169 Å². The van der Waals surface area contributed by atoms with Crippen LogP contribution in [0.5, 0.6) is 0 Å². The molecular weight excluding hydrogens is 381 g/mol. The van der Waals surface area contributed by atoms with Gasteiger partial charge in [-0.1, -0.05) is 24.3 Å². The monoisotopic (exact) mass is 403 g/mol. The Balaban J connectivity index is 1.67. The number of halogens is 1. The number of benzene rings is 1. The standard InChI is InChI=1S/C20H22FN3O3S/c1-23(20(26)28)12-15-11-16(19(25)27-15)14-2-3-18(17(21)10-14)24-8-5-13(4-7-22)6-9-24/h2-4,10,15-16H,5-6,8-9,11-12H2,1H3,(H,26,28)/t15-,16?/m0/s1. The van der Waals surface area contributed by atoms with Crippen LogP contribution in [0.15, 0.2) is 29.8 Å². The van der Waals surface area contributed by atoms with E-state index in [-0.39, 0.29) is 12.4 Å². The molecule has 28 heavy (non-hydrogen) atoms. The van der Waals surface area contributed by atoms with Gasteiger partial charge in [0, 0.05) is 32.6 Å². The third-order valence-electron chi connectivity index (χ3n) is 5.26. The summed E-state index contributed by atoms with van der Waals surface area (Å²) in [5.74, 6) is -1.31. The van der Waals surface area contributed by atoms with Crippen molar-refractivity contribution in [2.75, 3.05) is 31.6 Å². The molecule has 0 N–H and O–H groups in total. The first-order chi connectivity index (χ1) is 13.4. The Morgan fingerprint density at radius 1 is 1.46 bits per heavy atom. The fourth-order valence-electron chi connectivity index (χ4n) is 3.69. The van der Waals surface area contributed by atoms with E-state index in [0.717, 1.165) is 18.4 Å². The zero-order chi connectivity index (χ0) is 20.3. The number of rotatable bonds is 4. The highest BCUT2D eigenvalue weighted by Crippen LogP contribution is 2.34. The summed E-state index contributed by atoms with van der Waals surface area (Å²) in [6.07, 6.45) is 3.02. The van der Waals surface area contributed by atoms with Crippen molar-refractivity contribution in [3.8, 4) is 6.07 Å². The number of nitrogens with zero attached hydrogens (tertiary/aromatic N) is 3. The first kappa shape index (κ1) is 20.2. The quantitative estimate of drug-likeness (QED) is 0.475. The average molecular weight is 403 g/mol. The highest BCUT2D eigenvalue weighted by molar-refractivity contribution is 7.96. The van der Waals surface area contributed by atoms with Gasteiger partial charge in [-0.15, -0.1) is 0 Å². The second kappa shape index (κ2) is 8.65. The van der Waals surface area contributed by atoms with E-state index in [1.54, 1.807) is 25.3 Å². The summed E-state index contributed by atoms with van der Waals surface area (Å²) in [7, 11) is 1.58. The summed E-state index contributed by atoms with van der Waals surface area (Å²) >= 11 is 3.75. The molecule has 0 aromatic heterocycles. The molecule has 148 valence electrons. The molecule has 0 spiro atoms. The number of cyclic esters (lactones) is 1. The zero-order valence-electron chi connectivity index (χ0n) is 15.6. The van der Waals surface area contributed by atoms with Crippen molar-refractivity contribution in [3.63, 3.8) is 0 Å². The Bertz CT molecular complexity index is 842. The number of hydrogen-bond donors (Lipinski definition) is 1. The highest BCUT2D eigenvalue weighted by atomic mass is 32.1. The molecule has 8 heteroatoms. The fraction of sp³-hybridized carbons (Fsp3) is 0.450. The Hall–Kier alpha value is -2.53. The number of likely N-dealkylation sites (N-methyl/N-ethyl adjacent to an activating group) is 1. The Morgan fingerprint density at radius 3 is 2.79 bits per heavy atom. The van der Waals surface area contributed by atoms with Gasteiger partial charge in [0.15, 0.2) is 0 Å². The molecule has 2 heterocycles.